The van der Waals surface area contributed by atoms with E-state index < -0.39 is 16.2 Å². The van der Waals surface area contributed by atoms with Crippen molar-refractivity contribution < 1.29 is 18.3 Å². The topological polar surface area (TPSA) is 86.7 Å². The van der Waals surface area contributed by atoms with E-state index in [9.17, 15) is 13.2 Å². The molecule has 0 heterocycles. The first kappa shape index (κ1) is 15.2. The van der Waals surface area contributed by atoms with Gasteiger partial charge in [-0.15, -0.1) is 0 Å². The number of benzene rings is 1. The SMILES string of the molecule is Cc1cc(NS(=O)(=O)N(C)C)ccc1/C=C/C(=O)O. The predicted octanol–water partition coefficient (Wildman–Crippen LogP) is 1.31. The summed E-state index contributed by atoms with van der Waals surface area (Å²) < 4.78 is 26.7. The van der Waals surface area contributed by atoms with Crippen LogP contribution in [-0.2, 0) is 15.0 Å². The van der Waals surface area contributed by atoms with E-state index in [4.69, 9.17) is 5.11 Å². The zero-order valence-electron chi connectivity index (χ0n) is 10.9. The maximum absolute atomic E-state index is 11.6. The number of anilines is 1. The summed E-state index contributed by atoms with van der Waals surface area (Å²) in [5, 5.41) is 8.55. The average molecular weight is 284 g/mol. The molecular formula is C12H16N2O4S. The summed E-state index contributed by atoms with van der Waals surface area (Å²) in [7, 11) is -0.676. The molecule has 0 aliphatic heterocycles. The summed E-state index contributed by atoms with van der Waals surface area (Å²) in [4.78, 5) is 10.4. The zero-order chi connectivity index (χ0) is 14.6. The molecule has 1 rings (SSSR count). The van der Waals surface area contributed by atoms with Crippen molar-refractivity contribution in [3.63, 3.8) is 0 Å². The number of nitrogens with one attached hydrogen (secondary N) is 1. The van der Waals surface area contributed by atoms with Crippen molar-refractivity contribution in [1.82, 2.24) is 4.31 Å². The van der Waals surface area contributed by atoms with E-state index in [1.165, 1.54) is 20.2 Å². The van der Waals surface area contributed by atoms with Crippen LogP contribution in [0, 0.1) is 6.92 Å². The summed E-state index contributed by atoms with van der Waals surface area (Å²) in [6.07, 6.45) is 2.49. The number of carbonyl (C=O) groups is 1. The van der Waals surface area contributed by atoms with Crippen molar-refractivity contribution in [2.75, 3.05) is 18.8 Å². The number of nitrogens with zero attached hydrogens (tertiary/aromatic N) is 1. The molecule has 6 nitrogen and oxygen atoms in total. The molecule has 104 valence electrons. The molecular weight excluding hydrogens is 268 g/mol. The third-order valence-corrected chi connectivity index (χ3v) is 3.86. The summed E-state index contributed by atoms with van der Waals surface area (Å²) >= 11 is 0. The molecule has 0 saturated carbocycles. The molecule has 2 N–H and O–H groups in total. The van der Waals surface area contributed by atoms with E-state index in [0.29, 0.717) is 5.69 Å². The smallest absolute Gasteiger partial charge is 0.328 e. The first-order chi connectivity index (χ1) is 8.72. The van der Waals surface area contributed by atoms with Gasteiger partial charge in [0.25, 0.3) is 0 Å². The fraction of sp³-hybridized carbons (Fsp3) is 0.250. The monoisotopic (exact) mass is 284 g/mol. The van der Waals surface area contributed by atoms with Crippen LogP contribution < -0.4 is 4.72 Å². The molecule has 0 fully saturated rings. The number of carboxylic acids is 1. The largest absolute Gasteiger partial charge is 0.478 e. The Morgan fingerprint density at radius 3 is 2.47 bits per heavy atom. The van der Waals surface area contributed by atoms with E-state index in [2.05, 4.69) is 4.72 Å². The highest BCUT2D eigenvalue weighted by atomic mass is 32.2. The normalized spacial score (nSPS) is 12.0. The van der Waals surface area contributed by atoms with Crippen molar-refractivity contribution in [3.8, 4) is 0 Å². The second-order valence-electron chi connectivity index (χ2n) is 4.13. The van der Waals surface area contributed by atoms with Crippen LogP contribution in [0.25, 0.3) is 6.08 Å². The molecule has 0 bridgehead atoms. The summed E-state index contributed by atoms with van der Waals surface area (Å²) in [5.41, 5.74) is 1.92. The van der Waals surface area contributed by atoms with Crippen molar-refractivity contribution in [2.24, 2.45) is 0 Å². The number of aliphatic carboxylic acids is 1. The van der Waals surface area contributed by atoms with Gasteiger partial charge in [-0.25, -0.2) is 4.79 Å². The van der Waals surface area contributed by atoms with E-state index >= 15 is 0 Å². The van der Waals surface area contributed by atoms with Crippen LogP contribution >= 0.6 is 0 Å². The molecule has 0 radical (unpaired) electrons. The van der Waals surface area contributed by atoms with E-state index in [1.54, 1.807) is 25.1 Å². The third kappa shape index (κ3) is 4.38. The van der Waals surface area contributed by atoms with Gasteiger partial charge in [0.05, 0.1) is 5.69 Å². The van der Waals surface area contributed by atoms with E-state index in [-0.39, 0.29) is 0 Å². The summed E-state index contributed by atoms with van der Waals surface area (Å²) in [6.45, 7) is 1.77. The lowest BCUT2D eigenvalue weighted by molar-refractivity contribution is -0.131. The Labute approximate surface area is 112 Å². The maximum Gasteiger partial charge on any atom is 0.328 e. The molecule has 0 aliphatic carbocycles. The highest BCUT2D eigenvalue weighted by Crippen LogP contribution is 2.18. The zero-order valence-corrected chi connectivity index (χ0v) is 11.7. The van der Waals surface area contributed by atoms with E-state index in [1.807, 2.05) is 0 Å². The third-order valence-electron chi connectivity index (χ3n) is 2.40. The molecule has 0 amide bonds. The quantitative estimate of drug-likeness (QED) is 0.798. The molecule has 0 aliphatic rings. The predicted molar refractivity (Wildman–Crippen MR) is 74.1 cm³/mol. The maximum atomic E-state index is 11.6. The molecule has 1 aromatic rings. The Bertz CT molecular complexity index is 606. The highest BCUT2D eigenvalue weighted by Gasteiger charge is 2.13. The first-order valence-corrected chi connectivity index (χ1v) is 6.88. The number of hydrogen-bond donors (Lipinski definition) is 2. The van der Waals surface area contributed by atoms with Crippen LogP contribution in [0.1, 0.15) is 11.1 Å². The lowest BCUT2D eigenvalue weighted by Gasteiger charge is -2.14. The van der Waals surface area contributed by atoms with Gasteiger partial charge >= 0.3 is 16.2 Å². The second-order valence-corrected chi connectivity index (χ2v) is 6.02. The Hall–Kier alpha value is -1.86. The average Bonchev–Trinajstić information content (AvgIpc) is 2.26. The second kappa shape index (κ2) is 5.85. The van der Waals surface area contributed by atoms with Gasteiger partial charge in [-0.2, -0.15) is 12.7 Å². The molecule has 0 aromatic heterocycles. The number of aryl methyl sites for hydroxylation is 1. The standard InChI is InChI=1S/C12H16N2O4S/c1-9-8-11(13-19(17,18)14(2)3)6-4-10(9)5-7-12(15)16/h4-8,13H,1-3H3,(H,15,16)/b7-5+. The minimum atomic E-state index is -3.54. The van der Waals surface area contributed by atoms with Crippen molar-refractivity contribution in [1.29, 1.82) is 0 Å². The van der Waals surface area contributed by atoms with Gasteiger partial charge in [0, 0.05) is 20.2 Å². The van der Waals surface area contributed by atoms with Crippen LogP contribution in [0.3, 0.4) is 0 Å². The van der Waals surface area contributed by atoms with Crippen LogP contribution in [-0.4, -0.2) is 37.9 Å². The van der Waals surface area contributed by atoms with Crippen LogP contribution in [0.15, 0.2) is 24.3 Å². The molecule has 1 aromatic carbocycles. The van der Waals surface area contributed by atoms with Gasteiger partial charge in [-0.3, -0.25) is 4.72 Å². The minimum Gasteiger partial charge on any atom is -0.478 e. The fourth-order valence-corrected chi connectivity index (χ4v) is 1.93. The molecule has 0 saturated heterocycles. The molecule has 0 spiro atoms. The number of carboxylic acid groups (broad SMARTS) is 1. The Kier molecular flexibility index (Phi) is 4.68. The number of hydrogen-bond acceptors (Lipinski definition) is 3. The van der Waals surface area contributed by atoms with Gasteiger partial charge in [0.2, 0.25) is 0 Å². The van der Waals surface area contributed by atoms with Gasteiger partial charge < -0.3 is 5.11 Å². The van der Waals surface area contributed by atoms with Gasteiger partial charge in [0.15, 0.2) is 0 Å². The van der Waals surface area contributed by atoms with Gasteiger partial charge in [-0.1, -0.05) is 6.07 Å². The van der Waals surface area contributed by atoms with E-state index in [0.717, 1.165) is 21.5 Å². The molecule has 19 heavy (non-hydrogen) atoms. The van der Waals surface area contributed by atoms with Gasteiger partial charge in [0.1, 0.15) is 0 Å². The lowest BCUT2D eigenvalue weighted by Crippen LogP contribution is -2.28. The summed E-state index contributed by atoms with van der Waals surface area (Å²) in [6, 6.07) is 4.88. The number of rotatable bonds is 5. The summed E-state index contributed by atoms with van der Waals surface area (Å²) in [5.74, 6) is -1.03. The Morgan fingerprint density at radius 2 is 2.00 bits per heavy atom. The fourth-order valence-electron chi connectivity index (χ4n) is 1.33. The van der Waals surface area contributed by atoms with Crippen molar-refractivity contribution >= 4 is 27.9 Å². The highest BCUT2D eigenvalue weighted by molar-refractivity contribution is 7.90. The Balaban J connectivity index is 2.98. The van der Waals surface area contributed by atoms with Crippen LogP contribution in [0.5, 0.6) is 0 Å². The van der Waals surface area contributed by atoms with Crippen molar-refractivity contribution in [3.05, 3.63) is 35.4 Å². The molecule has 0 atom stereocenters. The van der Waals surface area contributed by atoms with Crippen molar-refractivity contribution in [2.45, 2.75) is 6.92 Å². The molecule has 7 heteroatoms. The molecule has 0 unspecified atom stereocenters. The first-order valence-electron chi connectivity index (χ1n) is 5.44. The van der Waals surface area contributed by atoms with Gasteiger partial charge in [-0.05, 0) is 36.3 Å². The Morgan fingerprint density at radius 1 is 1.37 bits per heavy atom. The van der Waals surface area contributed by atoms with Crippen LogP contribution in [0.4, 0.5) is 5.69 Å². The van der Waals surface area contributed by atoms with Crippen LogP contribution in [0.2, 0.25) is 0 Å². The lowest BCUT2D eigenvalue weighted by atomic mass is 10.1. The minimum absolute atomic E-state index is 0.429.